The predicted molar refractivity (Wildman–Crippen MR) is 126 cm³/mol. The number of anilines is 2. The summed E-state index contributed by atoms with van der Waals surface area (Å²) >= 11 is 0. The predicted octanol–water partition coefficient (Wildman–Crippen LogP) is 4.68. The molecule has 0 saturated carbocycles. The molecule has 0 radical (unpaired) electrons. The molecule has 2 aromatic carbocycles. The van der Waals surface area contributed by atoms with Crippen LogP contribution in [0.25, 0.3) is 22.4 Å². The van der Waals surface area contributed by atoms with Crippen LogP contribution in [0.4, 0.5) is 15.9 Å². The van der Waals surface area contributed by atoms with Gasteiger partial charge in [-0.05, 0) is 68.3 Å². The van der Waals surface area contributed by atoms with Gasteiger partial charge in [0.05, 0.1) is 12.5 Å². The number of halogens is 1. The molecule has 0 aliphatic carbocycles. The molecule has 3 heterocycles. The van der Waals surface area contributed by atoms with Gasteiger partial charge in [-0.25, -0.2) is 9.37 Å². The summed E-state index contributed by atoms with van der Waals surface area (Å²) in [7, 11) is 0. The normalized spacial score (nSPS) is 15.9. The highest BCUT2D eigenvalue weighted by molar-refractivity contribution is 5.98. The van der Waals surface area contributed by atoms with E-state index in [1.54, 1.807) is 12.1 Å². The molecule has 1 atom stereocenters. The Hall–Kier alpha value is -4.01. The van der Waals surface area contributed by atoms with E-state index < -0.39 is 0 Å². The van der Waals surface area contributed by atoms with Crippen molar-refractivity contribution in [1.82, 2.24) is 15.1 Å². The van der Waals surface area contributed by atoms with Crippen LogP contribution in [-0.4, -0.2) is 40.7 Å². The first-order chi connectivity index (χ1) is 16.6. The van der Waals surface area contributed by atoms with E-state index in [0.717, 1.165) is 30.8 Å². The van der Waals surface area contributed by atoms with Crippen molar-refractivity contribution < 1.29 is 18.4 Å². The third kappa shape index (κ3) is 4.41. The first-order valence-corrected chi connectivity index (χ1v) is 11.3. The lowest BCUT2D eigenvalue weighted by molar-refractivity contribution is -0.120. The highest BCUT2D eigenvalue weighted by Crippen LogP contribution is 2.35. The number of aromatic nitrogens is 3. The molecule has 1 aliphatic rings. The van der Waals surface area contributed by atoms with E-state index in [1.807, 2.05) is 31.2 Å². The molecule has 1 saturated heterocycles. The van der Waals surface area contributed by atoms with Crippen LogP contribution in [0.3, 0.4) is 0 Å². The Labute approximate surface area is 195 Å². The minimum atomic E-state index is -0.328. The number of carbonyl (C=O) groups is 1. The van der Waals surface area contributed by atoms with Gasteiger partial charge in [0.25, 0.3) is 5.71 Å². The molecule has 1 N–H and O–H groups in total. The summed E-state index contributed by atoms with van der Waals surface area (Å²) in [5.74, 6) is 0.847. The van der Waals surface area contributed by atoms with Gasteiger partial charge in [-0.2, -0.15) is 4.98 Å². The number of ether oxygens (including phenoxy) is 1. The van der Waals surface area contributed by atoms with E-state index in [0.29, 0.717) is 41.3 Å². The Balaban J connectivity index is 1.37. The maximum absolute atomic E-state index is 13.4. The summed E-state index contributed by atoms with van der Waals surface area (Å²) in [6.07, 6.45) is 3.05. The Morgan fingerprint density at radius 2 is 1.97 bits per heavy atom. The number of hydrogen-bond acceptors (Lipinski definition) is 7. The second-order valence-electron chi connectivity index (χ2n) is 8.15. The number of piperidine rings is 1. The van der Waals surface area contributed by atoms with Gasteiger partial charge in [-0.3, -0.25) is 4.79 Å². The topological polar surface area (TPSA) is 93.4 Å². The van der Waals surface area contributed by atoms with Crippen LogP contribution < -0.4 is 15.0 Å². The van der Waals surface area contributed by atoms with Gasteiger partial charge in [0, 0.05) is 24.3 Å². The number of nitrogens with one attached hydrogen (secondary N) is 1. The van der Waals surface area contributed by atoms with Gasteiger partial charge in [0.2, 0.25) is 5.91 Å². The van der Waals surface area contributed by atoms with Crippen molar-refractivity contribution in [3.63, 3.8) is 0 Å². The van der Waals surface area contributed by atoms with Gasteiger partial charge >= 0.3 is 0 Å². The fourth-order valence-electron chi connectivity index (χ4n) is 4.25. The van der Waals surface area contributed by atoms with E-state index >= 15 is 0 Å². The van der Waals surface area contributed by atoms with E-state index in [4.69, 9.17) is 9.26 Å². The first-order valence-electron chi connectivity index (χ1n) is 11.3. The van der Waals surface area contributed by atoms with Crippen LogP contribution in [0.2, 0.25) is 0 Å². The number of rotatable bonds is 6. The summed E-state index contributed by atoms with van der Waals surface area (Å²) in [5, 5.41) is 7.83. The third-order valence-electron chi connectivity index (χ3n) is 5.89. The molecular formula is C25H24FN5O3. The van der Waals surface area contributed by atoms with Crippen LogP contribution in [0.15, 0.2) is 59.4 Å². The molecule has 9 heteroatoms. The zero-order valence-electron chi connectivity index (χ0n) is 18.7. The average Bonchev–Trinajstić information content (AvgIpc) is 3.30. The number of hydrogen-bond donors (Lipinski definition) is 1. The lowest BCUT2D eigenvalue weighted by atomic mass is 9.96. The largest absolute Gasteiger partial charge is 0.494 e. The van der Waals surface area contributed by atoms with Crippen molar-refractivity contribution in [1.29, 1.82) is 0 Å². The van der Waals surface area contributed by atoms with Crippen LogP contribution in [0.5, 0.6) is 5.75 Å². The number of benzene rings is 2. The molecule has 1 amide bonds. The monoisotopic (exact) mass is 461 g/mol. The lowest BCUT2D eigenvalue weighted by Crippen LogP contribution is -2.41. The van der Waals surface area contributed by atoms with Gasteiger partial charge < -0.3 is 19.5 Å². The van der Waals surface area contributed by atoms with Crippen LogP contribution in [0, 0.1) is 11.7 Å². The Kier molecular flexibility index (Phi) is 6.07. The number of nitrogens with zero attached hydrogens (tertiary/aromatic N) is 4. The highest BCUT2D eigenvalue weighted by Gasteiger charge is 2.29. The van der Waals surface area contributed by atoms with E-state index in [-0.39, 0.29) is 17.6 Å². The molecule has 1 unspecified atom stereocenters. The minimum Gasteiger partial charge on any atom is -0.494 e. The molecule has 34 heavy (non-hydrogen) atoms. The Morgan fingerprint density at radius 3 is 2.74 bits per heavy atom. The molecule has 0 bridgehead atoms. The van der Waals surface area contributed by atoms with Crippen LogP contribution >= 0.6 is 0 Å². The fraction of sp³-hybridized carbons (Fsp3) is 0.280. The van der Waals surface area contributed by atoms with E-state index in [9.17, 15) is 9.18 Å². The van der Waals surface area contributed by atoms with Crippen molar-refractivity contribution in [3.05, 3.63) is 60.7 Å². The van der Waals surface area contributed by atoms with Gasteiger partial charge in [-0.1, -0.05) is 5.16 Å². The molecule has 1 aliphatic heterocycles. The molecule has 8 nitrogen and oxygen atoms in total. The second-order valence-corrected chi connectivity index (χ2v) is 8.15. The molecular weight excluding hydrogens is 437 g/mol. The SMILES string of the molecule is CCOc1ccc(NC(=O)C2CCCN(c3ncnc4onc(-c5ccc(F)cc5)c34)C2)cc1. The molecule has 4 aromatic rings. The fourth-order valence-corrected chi connectivity index (χ4v) is 4.25. The lowest BCUT2D eigenvalue weighted by Gasteiger charge is -2.33. The molecule has 0 spiro atoms. The standard InChI is InChI=1S/C25H24FN5O3/c1-2-33-20-11-9-19(10-12-20)29-24(32)17-4-3-13-31(14-17)23-21-22(16-5-7-18(26)8-6-16)30-34-25(21)28-15-27-23/h5-12,15,17H,2-4,13-14H2,1H3,(H,29,32). The number of fused-ring (bicyclic) bond motifs is 1. The van der Waals surface area contributed by atoms with E-state index in [1.165, 1.54) is 18.5 Å². The summed E-state index contributed by atoms with van der Waals surface area (Å²) in [5.41, 5.74) is 2.34. The maximum Gasteiger partial charge on any atom is 0.263 e. The summed E-state index contributed by atoms with van der Waals surface area (Å²) in [6, 6.07) is 13.4. The second kappa shape index (κ2) is 9.46. The van der Waals surface area contributed by atoms with E-state index in [2.05, 4.69) is 25.3 Å². The summed E-state index contributed by atoms with van der Waals surface area (Å²) in [4.78, 5) is 23.8. The molecule has 1 fully saturated rings. The van der Waals surface area contributed by atoms with Crippen molar-refractivity contribution >= 4 is 28.5 Å². The zero-order valence-corrected chi connectivity index (χ0v) is 18.7. The summed E-state index contributed by atoms with van der Waals surface area (Å²) in [6.45, 7) is 3.77. The first kappa shape index (κ1) is 21.8. The highest BCUT2D eigenvalue weighted by atomic mass is 19.1. The van der Waals surface area contributed by atoms with Crippen molar-refractivity contribution in [2.75, 3.05) is 29.9 Å². The minimum absolute atomic E-state index is 0.0387. The Bertz CT molecular complexity index is 1290. The Morgan fingerprint density at radius 1 is 1.18 bits per heavy atom. The number of carbonyl (C=O) groups excluding carboxylic acids is 1. The van der Waals surface area contributed by atoms with Crippen molar-refractivity contribution in [3.8, 4) is 17.0 Å². The smallest absolute Gasteiger partial charge is 0.263 e. The molecule has 5 rings (SSSR count). The molecule has 174 valence electrons. The van der Waals surface area contributed by atoms with Crippen LogP contribution in [0.1, 0.15) is 19.8 Å². The van der Waals surface area contributed by atoms with Crippen molar-refractivity contribution in [2.24, 2.45) is 5.92 Å². The quantitative estimate of drug-likeness (QED) is 0.446. The van der Waals surface area contributed by atoms with Crippen molar-refractivity contribution in [2.45, 2.75) is 19.8 Å². The summed E-state index contributed by atoms with van der Waals surface area (Å²) < 4.78 is 24.3. The average molecular weight is 461 g/mol. The van der Waals surface area contributed by atoms with Gasteiger partial charge in [0.15, 0.2) is 0 Å². The number of amides is 1. The zero-order chi connectivity index (χ0) is 23.5. The van der Waals surface area contributed by atoms with Crippen LogP contribution in [-0.2, 0) is 4.79 Å². The van der Waals surface area contributed by atoms with Gasteiger partial charge in [0.1, 0.15) is 34.8 Å². The maximum atomic E-state index is 13.4. The molecule has 2 aromatic heterocycles. The van der Waals surface area contributed by atoms with Gasteiger partial charge in [-0.15, -0.1) is 0 Å². The third-order valence-corrected chi connectivity index (χ3v) is 5.89.